The highest BCUT2D eigenvalue weighted by atomic mass is 16.5. The number of ether oxygens (including phenoxy) is 1. The van der Waals surface area contributed by atoms with Crippen LogP contribution in [0.4, 0.5) is 0 Å². The molecule has 0 saturated heterocycles. The van der Waals surface area contributed by atoms with Gasteiger partial charge in [0.1, 0.15) is 11.9 Å². The van der Waals surface area contributed by atoms with Gasteiger partial charge in [-0.3, -0.25) is 0 Å². The van der Waals surface area contributed by atoms with Crippen LogP contribution in [0.15, 0.2) is 36.4 Å². The van der Waals surface area contributed by atoms with E-state index in [0.717, 1.165) is 16.9 Å². The zero-order valence-corrected chi connectivity index (χ0v) is 11.5. The lowest BCUT2D eigenvalue weighted by Crippen LogP contribution is -2.19. The van der Waals surface area contributed by atoms with E-state index in [9.17, 15) is 4.79 Å². The topological polar surface area (TPSA) is 44.1 Å². The van der Waals surface area contributed by atoms with E-state index < -0.39 is 0 Å². The first-order valence-electron chi connectivity index (χ1n) is 6.26. The Morgan fingerprint density at radius 2 is 2.16 bits per heavy atom. The van der Waals surface area contributed by atoms with Crippen molar-refractivity contribution in [2.24, 2.45) is 7.05 Å². The summed E-state index contributed by atoms with van der Waals surface area (Å²) in [6, 6.07) is 7.95. The highest BCUT2D eigenvalue weighted by molar-refractivity contribution is 5.87. The van der Waals surface area contributed by atoms with E-state index in [1.54, 1.807) is 6.92 Å². The molecule has 4 nitrogen and oxygen atoms in total. The van der Waals surface area contributed by atoms with Crippen molar-refractivity contribution in [1.29, 1.82) is 0 Å². The van der Waals surface area contributed by atoms with Crippen LogP contribution in [0.3, 0.4) is 0 Å². The van der Waals surface area contributed by atoms with Crippen LogP contribution in [0.1, 0.15) is 19.7 Å². The van der Waals surface area contributed by atoms with E-state index in [-0.39, 0.29) is 12.1 Å². The lowest BCUT2D eigenvalue weighted by Gasteiger charge is -2.12. The highest BCUT2D eigenvalue weighted by Gasteiger charge is 2.14. The van der Waals surface area contributed by atoms with Crippen molar-refractivity contribution in [3.63, 3.8) is 0 Å². The molecule has 0 fully saturated rings. The van der Waals surface area contributed by atoms with Crippen LogP contribution < -0.4 is 0 Å². The average Bonchev–Trinajstić information content (AvgIpc) is 2.66. The summed E-state index contributed by atoms with van der Waals surface area (Å²) in [5, 5.41) is 0. The Balaban J connectivity index is 2.15. The monoisotopic (exact) mass is 258 g/mol. The summed E-state index contributed by atoms with van der Waals surface area (Å²) in [6.45, 7) is 7.08. The van der Waals surface area contributed by atoms with Gasteiger partial charge in [0.05, 0.1) is 11.0 Å². The molecule has 100 valence electrons. The zero-order valence-electron chi connectivity index (χ0n) is 11.5. The molecule has 2 aromatic rings. The summed E-state index contributed by atoms with van der Waals surface area (Å²) in [4.78, 5) is 16.0. The van der Waals surface area contributed by atoms with Gasteiger partial charge in [-0.2, -0.15) is 0 Å². The van der Waals surface area contributed by atoms with E-state index in [1.807, 2.05) is 42.8 Å². The van der Waals surface area contributed by atoms with E-state index in [0.29, 0.717) is 12.0 Å². The lowest BCUT2D eigenvalue weighted by atomic mass is 10.2. The number of carbonyl (C=O) groups is 1. The standard InChI is InChI=1S/C15H18N2O2/c1-10(2)15(18)19-11(3)9-14-16-12-7-5-6-8-13(12)17(14)4/h5-8,11H,1,9H2,2-4H3. The minimum atomic E-state index is -0.355. The molecule has 0 radical (unpaired) electrons. The number of hydrogen-bond donors (Lipinski definition) is 0. The van der Waals surface area contributed by atoms with Crippen molar-refractivity contribution < 1.29 is 9.53 Å². The molecule has 0 N–H and O–H groups in total. The van der Waals surface area contributed by atoms with Crippen LogP contribution in [-0.2, 0) is 23.0 Å². The van der Waals surface area contributed by atoms with Gasteiger partial charge in [-0.15, -0.1) is 0 Å². The van der Waals surface area contributed by atoms with Crippen molar-refractivity contribution in [3.05, 3.63) is 42.2 Å². The van der Waals surface area contributed by atoms with Gasteiger partial charge in [0.2, 0.25) is 0 Å². The van der Waals surface area contributed by atoms with Gasteiger partial charge in [0.15, 0.2) is 0 Å². The highest BCUT2D eigenvalue weighted by Crippen LogP contribution is 2.16. The second kappa shape index (κ2) is 5.26. The lowest BCUT2D eigenvalue weighted by molar-refractivity contribution is -0.143. The minimum Gasteiger partial charge on any atom is -0.459 e. The van der Waals surface area contributed by atoms with E-state index in [1.165, 1.54) is 0 Å². The van der Waals surface area contributed by atoms with Crippen LogP contribution >= 0.6 is 0 Å². The van der Waals surface area contributed by atoms with Crippen molar-refractivity contribution in [2.75, 3.05) is 0 Å². The normalized spacial score (nSPS) is 12.4. The van der Waals surface area contributed by atoms with E-state index in [2.05, 4.69) is 11.6 Å². The molecule has 19 heavy (non-hydrogen) atoms. The van der Waals surface area contributed by atoms with Gasteiger partial charge in [0.25, 0.3) is 0 Å². The quantitative estimate of drug-likeness (QED) is 0.625. The number of fused-ring (bicyclic) bond motifs is 1. The van der Waals surface area contributed by atoms with Crippen LogP contribution in [0.2, 0.25) is 0 Å². The molecule has 4 heteroatoms. The Morgan fingerprint density at radius 1 is 1.47 bits per heavy atom. The molecule has 1 aromatic heterocycles. The maximum absolute atomic E-state index is 11.5. The van der Waals surface area contributed by atoms with Gasteiger partial charge in [-0.1, -0.05) is 18.7 Å². The number of benzene rings is 1. The fraction of sp³-hybridized carbons (Fsp3) is 0.333. The fourth-order valence-electron chi connectivity index (χ4n) is 1.96. The molecule has 0 aliphatic rings. The third-order valence-corrected chi connectivity index (χ3v) is 3.01. The molecule has 0 amide bonds. The minimum absolute atomic E-state index is 0.222. The first-order valence-corrected chi connectivity index (χ1v) is 6.26. The van der Waals surface area contributed by atoms with Gasteiger partial charge < -0.3 is 9.30 Å². The third-order valence-electron chi connectivity index (χ3n) is 3.01. The molecule has 1 unspecified atom stereocenters. The number of esters is 1. The zero-order chi connectivity index (χ0) is 14.0. The Kier molecular flexibility index (Phi) is 3.69. The average molecular weight is 258 g/mol. The van der Waals surface area contributed by atoms with Crippen molar-refractivity contribution in [2.45, 2.75) is 26.4 Å². The summed E-state index contributed by atoms with van der Waals surface area (Å²) in [7, 11) is 1.97. The summed E-state index contributed by atoms with van der Waals surface area (Å²) < 4.78 is 7.30. The van der Waals surface area contributed by atoms with Gasteiger partial charge in [-0.05, 0) is 26.0 Å². The molecular formula is C15H18N2O2. The third kappa shape index (κ3) is 2.84. The Hall–Kier alpha value is -2.10. The van der Waals surface area contributed by atoms with Gasteiger partial charge in [-0.25, -0.2) is 9.78 Å². The molecular weight excluding hydrogens is 240 g/mol. The van der Waals surface area contributed by atoms with E-state index >= 15 is 0 Å². The molecule has 2 rings (SSSR count). The van der Waals surface area contributed by atoms with Crippen molar-refractivity contribution in [3.8, 4) is 0 Å². The molecule has 0 aliphatic heterocycles. The molecule has 1 atom stereocenters. The molecule has 1 aromatic carbocycles. The number of carbonyl (C=O) groups excluding carboxylic acids is 1. The van der Waals surface area contributed by atoms with Crippen LogP contribution in [-0.4, -0.2) is 21.6 Å². The predicted molar refractivity (Wildman–Crippen MR) is 74.8 cm³/mol. The van der Waals surface area contributed by atoms with E-state index in [4.69, 9.17) is 4.74 Å². The van der Waals surface area contributed by atoms with Crippen LogP contribution in [0.5, 0.6) is 0 Å². The largest absolute Gasteiger partial charge is 0.459 e. The maximum Gasteiger partial charge on any atom is 0.333 e. The molecule has 0 spiro atoms. The number of hydrogen-bond acceptors (Lipinski definition) is 3. The summed E-state index contributed by atoms with van der Waals surface area (Å²) in [6.07, 6.45) is 0.365. The molecule has 0 aliphatic carbocycles. The number of nitrogens with zero attached hydrogens (tertiary/aromatic N) is 2. The molecule has 1 heterocycles. The number of rotatable bonds is 4. The second-order valence-electron chi connectivity index (χ2n) is 4.78. The van der Waals surface area contributed by atoms with Crippen molar-refractivity contribution in [1.82, 2.24) is 9.55 Å². The maximum atomic E-state index is 11.5. The summed E-state index contributed by atoms with van der Waals surface area (Å²) >= 11 is 0. The number of aryl methyl sites for hydroxylation is 1. The van der Waals surface area contributed by atoms with Gasteiger partial charge >= 0.3 is 5.97 Å². The van der Waals surface area contributed by atoms with Crippen molar-refractivity contribution >= 4 is 17.0 Å². The predicted octanol–water partition coefficient (Wildman–Crippen LogP) is 2.62. The Morgan fingerprint density at radius 3 is 2.79 bits per heavy atom. The first-order chi connectivity index (χ1) is 8.99. The Labute approximate surface area is 112 Å². The molecule has 0 bridgehead atoms. The number of para-hydroxylation sites is 2. The summed E-state index contributed by atoms with van der Waals surface area (Å²) in [5.41, 5.74) is 2.45. The fourth-order valence-corrected chi connectivity index (χ4v) is 1.96. The number of imidazole rings is 1. The first kappa shape index (κ1) is 13.3. The summed E-state index contributed by atoms with van der Waals surface area (Å²) in [5.74, 6) is 0.550. The molecule has 0 saturated carbocycles. The smallest absolute Gasteiger partial charge is 0.333 e. The van der Waals surface area contributed by atoms with Crippen LogP contribution in [0, 0.1) is 0 Å². The van der Waals surface area contributed by atoms with Gasteiger partial charge in [0, 0.05) is 19.0 Å². The Bertz CT molecular complexity index is 628. The number of aromatic nitrogens is 2. The second-order valence-corrected chi connectivity index (χ2v) is 4.78. The SMILES string of the molecule is C=C(C)C(=O)OC(C)Cc1nc2ccccc2n1C. The van der Waals surface area contributed by atoms with Crippen LogP contribution in [0.25, 0.3) is 11.0 Å².